The number of aliphatic hydroxyl groups is 1. The van der Waals surface area contributed by atoms with Gasteiger partial charge in [0.15, 0.2) is 0 Å². The lowest BCUT2D eigenvalue weighted by atomic mass is 9.79. The molecular weight excluding hydrogens is 160 g/mol. The maximum Gasteiger partial charge on any atom is 0.0571 e. The molecule has 1 fully saturated rings. The fourth-order valence-corrected chi connectivity index (χ4v) is 2.42. The van der Waals surface area contributed by atoms with Gasteiger partial charge in [-0.15, -0.1) is 0 Å². The lowest BCUT2D eigenvalue weighted by Crippen LogP contribution is -2.28. The fourth-order valence-electron chi connectivity index (χ4n) is 2.42. The molecule has 0 aliphatic heterocycles. The molecule has 0 heterocycles. The molecule has 0 saturated heterocycles. The van der Waals surface area contributed by atoms with Gasteiger partial charge >= 0.3 is 0 Å². The Morgan fingerprint density at radius 1 is 1.00 bits per heavy atom. The Balaban J connectivity index is 2.53. The molecule has 0 aromatic heterocycles. The molecule has 1 nitrogen and oxygen atoms in total. The van der Waals surface area contributed by atoms with Crippen LogP contribution in [-0.2, 0) is 0 Å². The molecule has 0 aromatic rings. The monoisotopic (exact) mass is 184 g/mol. The van der Waals surface area contributed by atoms with Crippen molar-refractivity contribution in [2.45, 2.75) is 59.0 Å². The Kier molecular flexibility index (Phi) is 4.24. The van der Waals surface area contributed by atoms with E-state index in [-0.39, 0.29) is 6.10 Å². The minimum atomic E-state index is -0.0279. The summed E-state index contributed by atoms with van der Waals surface area (Å²) in [6, 6.07) is 0. The summed E-state index contributed by atoms with van der Waals surface area (Å²) in [4.78, 5) is 0. The predicted molar refractivity (Wildman–Crippen MR) is 56.6 cm³/mol. The predicted octanol–water partition coefficient (Wildman–Crippen LogP) is 3.22. The molecule has 0 amide bonds. The summed E-state index contributed by atoms with van der Waals surface area (Å²) in [6.07, 6.45) is 6.10. The molecular formula is C12H24O. The number of rotatable bonds is 2. The summed E-state index contributed by atoms with van der Waals surface area (Å²) < 4.78 is 0. The second-order valence-electron chi connectivity index (χ2n) is 4.97. The van der Waals surface area contributed by atoms with Crippen LogP contribution in [0, 0.1) is 17.8 Å². The molecule has 13 heavy (non-hydrogen) atoms. The molecule has 1 saturated carbocycles. The van der Waals surface area contributed by atoms with E-state index in [1.54, 1.807) is 0 Å². The zero-order valence-corrected chi connectivity index (χ0v) is 9.29. The van der Waals surface area contributed by atoms with Crippen molar-refractivity contribution in [3.63, 3.8) is 0 Å². The van der Waals surface area contributed by atoms with Crippen LogP contribution in [0.15, 0.2) is 0 Å². The number of hydrogen-bond donors (Lipinski definition) is 1. The zero-order chi connectivity index (χ0) is 9.84. The highest BCUT2D eigenvalue weighted by Crippen LogP contribution is 2.32. The van der Waals surface area contributed by atoms with Crippen molar-refractivity contribution in [3.05, 3.63) is 0 Å². The van der Waals surface area contributed by atoms with Crippen molar-refractivity contribution in [1.29, 1.82) is 0 Å². The van der Waals surface area contributed by atoms with E-state index in [9.17, 15) is 5.11 Å². The van der Waals surface area contributed by atoms with E-state index in [0.717, 1.165) is 6.42 Å². The minimum Gasteiger partial charge on any atom is -0.393 e. The molecule has 1 aliphatic carbocycles. The van der Waals surface area contributed by atoms with Crippen molar-refractivity contribution in [3.8, 4) is 0 Å². The third-order valence-corrected chi connectivity index (χ3v) is 3.76. The highest BCUT2D eigenvalue weighted by molar-refractivity contribution is 4.78. The quantitative estimate of drug-likeness (QED) is 0.653. The van der Waals surface area contributed by atoms with Crippen LogP contribution < -0.4 is 0 Å². The average molecular weight is 184 g/mol. The summed E-state index contributed by atoms with van der Waals surface area (Å²) in [5.41, 5.74) is 0. The first-order valence-electron chi connectivity index (χ1n) is 5.81. The van der Waals surface area contributed by atoms with Crippen molar-refractivity contribution in [2.75, 3.05) is 0 Å². The Morgan fingerprint density at radius 2 is 1.62 bits per heavy atom. The van der Waals surface area contributed by atoms with Crippen LogP contribution in [0.4, 0.5) is 0 Å². The Hall–Kier alpha value is -0.0400. The molecule has 3 unspecified atom stereocenters. The summed E-state index contributed by atoms with van der Waals surface area (Å²) in [6.45, 7) is 6.83. The molecule has 1 heteroatoms. The van der Waals surface area contributed by atoms with Crippen molar-refractivity contribution in [2.24, 2.45) is 17.8 Å². The highest BCUT2D eigenvalue weighted by atomic mass is 16.3. The van der Waals surface area contributed by atoms with E-state index >= 15 is 0 Å². The van der Waals surface area contributed by atoms with Crippen molar-refractivity contribution in [1.82, 2.24) is 0 Å². The largest absolute Gasteiger partial charge is 0.393 e. The van der Waals surface area contributed by atoms with Gasteiger partial charge in [0, 0.05) is 0 Å². The first-order chi connectivity index (χ1) is 6.13. The van der Waals surface area contributed by atoms with Gasteiger partial charge in [-0.2, -0.15) is 0 Å². The molecule has 0 spiro atoms. The maximum atomic E-state index is 9.97. The average Bonchev–Trinajstić information content (AvgIpc) is 2.28. The van der Waals surface area contributed by atoms with Crippen LogP contribution in [0.2, 0.25) is 0 Å². The van der Waals surface area contributed by atoms with Crippen LogP contribution >= 0.6 is 0 Å². The topological polar surface area (TPSA) is 20.2 Å². The minimum absolute atomic E-state index is 0.0279. The van der Waals surface area contributed by atoms with Crippen LogP contribution in [0.3, 0.4) is 0 Å². The van der Waals surface area contributed by atoms with Gasteiger partial charge in [0.25, 0.3) is 0 Å². The van der Waals surface area contributed by atoms with Crippen LogP contribution in [-0.4, -0.2) is 11.2 Å². The standard InChI is InChI=1S/C12H24O/c1-9(2)10(3)11-7-5-4-6-8-12(11)13/h9-13H,4-8H2,1-3H3. The van der Waals surface area contributed by atoms with Gasteiger partial charge in [0.2, 0.25) is 0 Å². The van der Waals surface area contributed by atoms with Gasteiger partial charge in [0.05, 0.1) is 6.10 Å². The molecule has 78 valence electrons. The van der Waals surface area contributed by atoms with Gasteiger partial charge in [-0.3, -0.25) is 0 Å². The summed E-state index contributed by atoms with van der Waals surface area (Å²) >= 11 is 0. The zero-order valence-electron chi connectivity index (χ0n) is 9.29. The van der Waals surface area contributed by atoms with Gasteiger partial charge in [-0.25, -0.2) is 0 Å². The van der Waals surface area contributed by atoms with E-state index in [2.05, 4.69) is 20.8 Å². The van der Waals surface area contributed by atoms with E-state index in [0.29, 0.717) is 17.8 Å². The SMILES string of the molecule is CC(C)C(C)C1CCCCCC1O. The summed E-state index contributed by atoms with van der Waals surface area (Å²) in [5, 5.41) is 9.97. The van der Waals surface area contributed by atoms with Gasteiger partial charge in [0.1, 0.15) is 0 Å². The van der Waals surface area contributed by atoms with E-state index < -0.39 is 0 Å². The number of hydrogen-bond acceptors (Lipinski definition) is 1. The highest BCUT2D eigenvalue weighted by Gasteiger charge is 2.27. The molecule has 0 radical (unpaired) electrons. The summed E-state index contributed by atoms with van der Waals surface area (Å²) in [7, 11) is 0. The van der Waals surface area contributed by atoms with Crippen molar-refractivity contribution < 1.29 is 5.11 Å². The molecule has 0 bridgehead atoms. The maximum absolute atomic E-state index is 9.97. The second-order valence-corrected chi connectivity index (χ2v) is 4.97. The van der Waals surface area contributed by atoms with Crippen LogP contribution in [0.5, 0.6) is 0 Å². The van der Waals surface area contributed by atoms with E-state index in [1.807, 2.05) is 0 Å². The third kappa shape index (κ3) is 2.98. The lowest BCUT2D eigenvalue weighted by Gasteiger charge is -2.29. The van der Waals surface area contributed by atoms with Gasteiger partial charge in [-0.1, -0.05) is 40.0 Å². The van der Waals surface area contributed by atoms with E-state index in [1.165, 1.54) is 25.7 Å². The Bertz CT molecular complexity index is 142. The molecule has 1 N–H and O–H groups in total. The third-order valence-electron chi connectivity index (χ3n) is 3.76. The normalized spacial score (nSPS) is 33.0. The lowest BCUT2D eigenvalue weighted by molar-refractivity contribution is 0.0568. The second kappa shape index (κ2) is 4.99. The first-order valence-corrected chi connectivity index (χ1v) is 5.81. The van der Waals surface area contributed by atoms with Crippen LogP contribution in [0.25, 0.3) is 0 Å². The van der Waals surface area contributed by atoms with E-state index in [4.69, 9.17) is 0 Å². The smallest absolute Gasteiger partial charge is 0.0571 e. The molecule has 1 aliphatic rings. The molecule has 3 atom stereocenters. The Labute approximate surface area is 82.5 Å². The summed E-state index contributed by atoms with van der Waals surface area (Å²) in [5.74, 6) is 1.94. The van der Waals surface area contributed by atoms with Crippen molar-refractivity contribution >= 4 is 0 Å². The molecule has 1 rings (SSSR count). The first kappa shape index (κ1) is 11.0. The van der Waals surface area contributed by atoms with Gasteiger partial charge < -0.3 is 5.11 Å². The Morgan fingerprint density at radius 3 is 2.23 bits per heavy atom. The van der Waals surface area contributed by atoms with Gasteiger partial charge in [-0.05, 0) is 30.6 Å². The number of aliphatic hydroxyl groups excluding tert-OH is 1. The molecule has 0 aromatic carbocycles. The fraction of sp³-hybridized carbons (Fsp3) is 1.00. The van der Waals surface area contributed by atoms with Crippen LogP contribution in [0.1, 0.15) is 52.9 Å².